The topological polar surface area (TPSA) is 41.1 Å². The highest BCUT2D eigenvalue weighted by molar-refractivity contribution is 6.15. The first-order valence-electron chi connectivity index (χ1n) is 7.31. The largest absolute Gasteiger partial charge is 0.370 e. The molecular weight excluding hydrogens is 235 g/mol. The molecule has 1 saturated carbocycles. The van der Waals surface area contributed by atoms with Crippen LogP contribution in [0.15, 0.2) is 6.07 Å². The number of rotatable bonds is 1. The monoisotopic (exact) mass is 256 g/mol. The first-order chi connectivity index (χ1) is 9.19. The zero-order valence-corrected chi connectivity index (χ0v) is 11.7. The number of nitrogens with zero attached hydrogens (tertiary/aromatic N) is 3. The van der Waals surface area contributed by atoms with Gasteiger partial charge < -0.3 is 10.2 Å². The minimum Gasteiger partial charge on any atom is -0.370 e. The fraction of sp³-hybridized carbons (Fsp3) is 0.714. The molecule has 2 heterocycles. The maximum absolute atomic E-state index is 6.62. The van der Waals surface area contributed by atoms with Crippen LogP contribution in [0.4, 0.5) is 11.5 Å². The molecule has 1 aliphatic carbocycles. The minimum absolute atomic E-state index is 0.281. The van der Waals surface area contributed by atoms with Gasteiger partial charge >= 0.3 is 0 Å². The molecule has 2 radical (unpaired) electrons. The molecule has 1 fully saturated rings. The normalized spacial score (nSPS) is 22.3. The maximum atomic E-state index is 6.62. The molecule has 2 aliphatic rings. The van der Waals surface area contributed by atoms with Crippen molar-refractivity contribution in [2.45, 2.75) is 43.8 Å². The summed E-state index contributed by atoms with van der Waals surface area (Å²) in [4.78, 5) is 2.23. The van der Waals surface area contributed by atoms with E-state index in [2.05, 4.69) is 33.5 Å². The number of anilines is 2. The van der Waals surface area contributed by atoms with E-state index in [1.165, 1.54) is 25.7 Å². The van der Waals surface area contributed by atoms with Crippen molar-refractivity contribution < 1.29 is 0 Å². The molecule has 1 aromatic heterocycles. The Bertz CT molecular complexity index is 455. The van der Waals surface area contributed by atoms with E-state index in [4.69, 9.17) is 7.85 Å². The van der Waals surface area contributed by atoms with Gasteiger partial charge in [-0.15, -0.1) is 5.10 Å². The highest BCUT2D eigenvalue weighted by Gasteiger charge is 2.30. The van der Waals surface area contributed by atoms with Crippen molar-refractivity contribution in [2.75, 3.05) is 30.4 Å². The van der Waals surface area contributed by atoms with Gasteiger partial charge in [0.05, 0.1) is 19.2 Å². The lowest BCUT2D eigenvalue weighted by Crippen LogP contribution is -2.33. The van der Waals surface area contributed by atoms with Crippen LogP contribution >= 0.6 is 0 Å². The van der Waals surface area contributed by atoms with Crippen molar-refractivity contribution >= 4 is 19.4 Å². The Morgan fingerprint density at radius 2 is 1.95 bits per heavy atom. The van der Waals surface area contributed by atoms with Gasteiger partial charge in [0.2, 0.25) is 0 Å². The SMILES string of the molecule is [B]C1(c2cc3c(nn2)NCCN3C)CCCCCC1. The van der Waals surface area contributed by atoms with Gasteiger partial charge in [-0.05, 0) is 11.4 Å². The lowest BCUT2D eigenvalue weighted by Gasteiger charge is -2.32. The lowest BCUT2D eigenvalue weighted by atomic mass is 9.61. The van der Waals surface area contributed by atoms with Crippen molar-refractivity contribution in [3.05, 3.63) is 11.8 Å². The molecule has 0 saturated heterocycles. The smallest absolute Gasteiger partial charge is 0.172 e. The van der Waals surface area contributed by atoms with Crippen molar-refractivity contribution in [1.29, 1.82) is 0 Å². The molecular formula is C14H21BN4. The lowest BCUT2D eigenvalue weighted by molar-refractivity contribution is 0.503. The van der Waals surface area contributed by atoms with Crippen LogP contribution in [0, 0.1) is 0 Å². The Kier molecular flexibility index (Phi) is 3.37. The minimum atomic E-state index is -0.281. The Morgan fingerprint density at radius 3 is 2.68 bits per heavy atom. The van der Waals surface area contributed by atoms with Crippen molar-refractivity contribution in [2.24, 2.45) is 0 Å². The average molecular weight is 256 g/mol. The average Bonchev–Trinajstić information content (AvgIpc) is 2.65. The highest BCUT2D eigenvalue weighted by atomic mass is 15.3. The van der Waals surface area contributed by atoms with Crippen LogP contribution in [0.2, 0.25) is 0 Å². The predicted molar refractivity (Wildman–Crippen MR) is 78.9 cm³/mol. The summed E-state index contributed by atoms with van der Waals surface area (Å²) >= 11 is 0. The third-order valence-corrected chi connectivity index (χ3v) is 4.43. The summed E-state index contributed by atoms with van der Waals surface area (Å²) in [5.74, 6) is 0.884. The molecule has 5 heteroatoms. The van der Waals surface area contributed by atoms with E-state index in [-0.39, 0.29) is 5.31 Å². The van der Waals surface area contributed by atoms with Crippen LogP contribution in [-0.2, 0) is 5.31 Å². The molecule has 1 N–H and O–H groups in total. The van der Waals surface area contributed by atoms with Gasteiger partial charge in [0.25, 0.3) is 0 Å². The van der Waals surface area contributed by atoms with Crippen molar-refractivity contribution in [3.63, 3.8) is 0 Å². The highest BCUT2D eigenvalue weighted by Crippen LogP contribution is 2.37. The standard InChI is InChI=1S/C14H21BN4/c1-19-9-8-16-13-11(19)10-12(17-18-13)14(15)6-4-2-3-5-7-14/h10H,2-9H2,1H3,(H,16,18). The van der Waals surface area contributed by atoms with E-state index < -0.39 is 0 Å². The van der Waals surface area contributed by atoms with Gasteiger partial charge in [-0.2, -0.15) is 5.10 Å². The van der Waals surface area contributed by atoms with Crippen LogP contribution in [0.1, 0.15) is 44.2 Å². The van der Waals surface area contributed by atoms with E-state index in [0.717, 1.165) is 43.1 Å². The van der Waals surface area contributed by atoms with Crippen LogP contribution in [0.5, 0.6) is 0 Å². The van der Waals surface area contributed by atoms with Gasteiger partial charge in [0.15, 0.2) is 5.82 Å². The fourth-order valence-corrected chi connectivity index (χ4v) is 3.12. The zero-order valence-electron chi connectivity index (χ0n) is 11.7. The molecule has 0 spiro atoms. The summed E-state index contributed by atoms with van der Waals surface area (Å²) in [7, 11) is 8.72. The Balaban J connectivity index is 1.94. The number of fused-ring (bicyclic) bond motifs is 1. The molecule has 0 aromatic carbocycles. The maximum Gasteiger partial charge on any atom is 0.172 e. The van der Waals surface area contributed by atoms with E-state index >= 15 is 0 Å². The Labute approximate surface area is 116 Å². The fourth-order valence-electron chi connectivity index (χ4n) is 3.12. The number of nitrogens with one attached hydrogen (secondary N) is 1. The molecule has 0 amide bonds. The Hall–Kier alpha value is -1.26. The molecule has 0 atom stereocenters. The van der Waals surface area contributed by atoms with Gasteiger partial charge in [0.1, 0.15) is 0 Å². The molecule has 4 nitrogen and oxygen atoms in total. The summed E-state index contributed by atoms with van der Waals surface area (Å²) in [6.45, 7) is 1.92. The molecule has 0 bridgehead atoms. The van der Waals surface area contributed by atoms with Gasteiger partial charge in [-0.3, -0.25) is 0 Å². The third kappa shape index (κ3) is 2.43. The first-order valence-corrected chi connectivity index (χ1v) is 7.31. The second-order valence-electron chi connectivity index (χ2n) is 5.88. The quantitative estimate of drug-likeness (QED) is 0.616. The number of likely N-dealkylation sites (N-methyl/N-ethyl adjacent to an activating group) is 1. The summed E-state index contributed by atoms with van der Waals surface area (Å²) in [5, 5.41) is 11.7. The summed E-state index contributed by atoms with van der Waals surface area (Å²) in [6, 6.07) is 2.14. The molecule has 1 aliphatic heterocycles. The second-order valence-corrected chi connectivity index (χ2v) is 5.88. The Morgan fingerprint density at radius 1 is 1.21 bits per heavy atom. The van der Waals surface area contributed by atoms with Crippen LogP contribution in [0.3, 0.4) is 0 Å². The molecule has 0 unspecified atom stereocenters. The van der Waals surface area contributed by atoms with E-state index in [1.54, 1.807) is 0 Å². The van der Waals surface area contributed by atoms with Crippen molar-refractivity contribution in [1.82, 2.24) is 10.2 Å². The molecule has 3 rings (SSSR count). The van der Waals surface area contributed by atoms with Crippen LogP contribution < -0.4 is 10.2 Å². The summed E-state index contributed by atoms with van der Waals surface area (Å²) in [5.41, 5.74) is 2.09. The predicted octanol–water partition coefficient (Wildman–Crippen LogP) is 2.06. The molecule has 1 aromatic rings. The zero-order chi connectivity index (χ0) is 13.3. The second kappa shape index (κ2) is 5.02. The molecule has 100 valence electrons. The number of aromatic nitrogens is 2. The third-order valence-electron chi connectivity index (χ3n) is 4.43. The van der Waals surface area contributed by atoms with Gasteiger partial charge in [-0.1, -0.05) is 38.5 Å². The van der Waals surface area contributed by atoms with E-state index in [9.17, 15) is 0 Å². The summed E-state index contributed by atoms with van der Waals surface area (Å²) in [6.07, 6.45) is 7.03. The van der Waals surface area contributed by atoms with Gasteiger partial charge in [-0.25, -0.2) is 0 Å². The number of hydrogen-bond acceptors (Lipinski definition) is 4. The summed E-state index contributed by atoms with van der Waals surface area (Å²) < 4.78 is 0. The van der Waals surface area contributed by atoms with E-state index in [1.807, 2.05) is 0 Å². The molecule has 19 heavy (non-hydrogen) atoms. The van der Waals surface area contributed by atoms with Gasteiger partial charge in [0, 0.05) is 20.1 Å². The van der Waals surface area contributed by atoms with E-state index in [0.29, 0.717) is 0 Å². The van der Waals surface area contributed by atoms with Crippen LogP contribution in [-0.4, -0.2) is 38.2 Å². The number of hydrogen-bond donors (Lipinski definition) is 1. The first kappa shape index (κ1) is 12.8. The van der Waals surface area contributed by atoms with Crippen molar-refractivity contribution in [3.8, 4) is 0 Å². The van der Waals surface area contributed by atoms with Crippen LogP contribution in [0.25, 0.3) is 0 Å².